The van der Waals surface area contributed by atoms with Gasteiger partial charge >= 0.3 is 5.97 Å². The van der Waals surface area contributed by atoms with Gasteiger partial charge in [0.05, 0.1) is 23.1 Å². The summed E-state index contributed by atoms with van der Waals surface area (Å²) in [7, 11) is 0. The fourth-order valence-electron chi connectivity index (χ4n) is 4.31. The fraction of sp³-hybridized carbons (Fsp3) is 0.360. The van der Waals surface area contributed by atoms with Gasteiger partial charge in [0, 0.05) is 15.2 Å². The zero-order chi connectivity index (χ0) is 23.9. The summed E-state index contributed by atoms with van der Waals surface area (Å²) in [5.41, 5.74) is 3.23. The molecule has 2 fully saturated rings. The summed E-state index contributed by atoms with van der Waals surface area (Å²) in [6.45, 7) is 3.51. The number of benzene rings is 2. The summed E-state index contributed by atoms with van der Waals surface area (Å²) in [6, 6.07) is 11.5. The molecule has 6 nitrogen and oxygen atoms in total. The number of esters is 1. The Hall–Kier alpha value is -2.32. The van der Waals surface area contributed by atoms with Crippen molar-refractivity contribution < 1.29 is 23.9 Å². The number of fused-ring (bicyclic) bond motifs is 1. The van der Waals surface area contributed by atoms with E-state index in [-0.39, 0.29) is 51.3 Å². The maximum atomic E-state index is 12.9. The Morgan fingerprint density at radius 2 is 1.42 bits per heavy atom. The third-order valence-electron chi connectivity index (χ3n) is 6.44. The molecule has 2 aromatic carbocycles. The quantitative estimate of drug-likeness (QED) is 0.222. The SMILES string of the molecule is Cc1ccc(C(=O)COC(=O)c2ccc(N3C(=O)[C@H]4C[C@@H](Br)[C@H](Br)C[C@@H]4C3=O)cc2)cc1C. The van der Waals surface area contributed by atoms with Gasteiger partial charge in [-0.1, -0.05) is 44.0 Å². The molecule has 0 N–H and O–H groups in total. The van der Waals surface area contributed by atoms with Gasteiger partial charge in [-0.25, -0.2) is 4.79 Å². The molecule has 0 radical (unpaired) electrons. The van der Waals surface area contributed by atoms with Crippen LogP contribution in [0, 0.1) is 25.7 Å². The number of amides is 2. The molecular formula is C25H23Br2NO5. The van der Waals surface area contributed by atoms with E-state index in [1.807, 2.05) is 19.9 Å². The highest BCUT2D eigenvalue weighted by Crippen LogP contribution is 2.44. The number of Topliss-reactive ketones (excluding diaryl/α,β-unsaturated/α-hetero) is 1. The predicted molar refractivity (Wildman–Crippen MR) is 131 cm³/mol. The number of aryl methyl sites for hydroxylation is 2. The predicted octanol–water partition coefficient (Wildman–Crippen LogP) is 4.77. The van der Waals surface area contributed by atoms with Crippen LogP contribution < -0.4 is 4.90 Å². The molecule has 1 saturated carbocycles. The lowest BCUT2D eigenvalue weighted by molar-refractivity contribution is -0.122. The summed E-state index contributed by atoms with van der Waals surface area (Å²) >= 11 is 7.16. The number of rotatable bonds is 5. The van der Waals surface area contributed by atoms with Crippen molar-refractivity contribution in [3.63, 3.8) is 0 Å². The minimum Gasteiger partial charge on any atom is -0.454 e. The van der Waals surface area contributed by atoms with E-state index < -0.39 is 5.97 Å². The number of nitrogens with zero attached hydrogens (tertiary/aromatic N) is 1. The molecule has 1 heterocycles. The topological polar surface area (TPSA) is 80.8 Å². The number of hydrogen-bond acceptors (Lipinski definition) is 5. The number of halogens is 2. The van der Waals surface area contributed by atoms with E-state index in [2.05, 4.69) is 31.9 Å². The van der Waals surface area contributed by atoms with Crippen molar-refractivity contribution in [2.75, 3.05) is 11.5 Å². The van der Waals surface area contributed by atoms with Crippen LogP contribution in [0.3, 0.4) is 0 Å². The Balaban J connectivity index is 1.41. The molecule has 2 aromatic rings. The van der Waals surface area contributed by atoms with E-state index in [4.69, 9.17) is 4.74 Å². The third kappa shape index (κ3) is 4.68. The van der Waals surface area contributed by atoms with Crippen molar-refractivity contribution in [1.82, 2.24) is 0 Å². The highest BCUT2D eigenvalue weighted by Gasteiger charge is 2.52. The van der Waals surface area contributed by atoms with E-state index >= 15 is 0 Å². The Morgan fingerprint density at radius 1 is 0.879 bits per heavy atom. The second kappa shape index (κ2) is 9.50. The van der Waals surface area contributed by atoms with Gasteiger partial charge in [0.2, 0.25) is 11.8 Å². The van der Waals surface area contributed by atoms with Crippen LogP contribution in [-0.4, -0.2) is 39.8 Å². The number of carbonyl (C=O) groups excluding carboxylic acids is 4. The first-order chi connectivity index (χ1) is 15.7. The van der Waals surface area contributed by atoms with Crippen LogP contribution in [0.1, 0.15) is 44.7 Å². The van der Waals surface area contributed by atoms with E-state index in [9.17, 15) is 19.2 Å². The van der Waals surface area contributed by atoms with Crippen LogP contribution in [-0.2, 0) is 14.3 Å². The first-order valence-electron chi connectivity index (χ1n) is 10.7. The van der Waals surface area contributed by atoms with Gasteiger partial charge in [-0.15, -0.1) is 0 Å². The minimum atomic E-state index is -0.643. The molecular weight excluding hydrogens is 554 g/mol. The summed E-state index contributed by atoms with van der Waals surface area (Å²) in [5, 5.41) is 0. The molecule has 33 heavy (non-hydrogen) atoms. The number of imide groups is 1. The van der Waals surface area contributed by atoms with Crippen LogP contribution >= 0.6 is 31.9 Å². The Bertz CT molecular complexity index is 1100. The number of alkyl halides is 2. The fourth-order valence-corrected chi connectivity index (χ4v) is 5.55. The maximum Gasteiger partial charge on any atom is 0.338 e. The van der Waals surface area contributed by atoms with Crippen LogP contribution in [0.25, 0.3) is 0 Å². The molecule has 4 rings (SSSR count). The van der Waals surface area contributed by atoms with Crippen LogP contribution in [0.2, 0.25) is 0 Å². The Labute approximate surface area is 208 Å². The molecule has 172 valence electrons. The average molecular weight is 577 g/mol. The molecule has 1 saturated heterocycles. The number of hydrogen-bond donors (Lipinski definition) is 0. The number of ketones is 1. The summed E-state index contributed by atoms with van der Waals surface area (Å²) in [5.74, 6) is -2.01. The van der Waals surface area contributed by atoms with Gasteiger partial charge in [-0.05, 0) is 68.1 Å². The monoisotopic (exact) mass is 575 g/mol. The van der Waals surface area contributed by atoms with E-state index in [0.29, 0.717) is 24.1 Å². The zero-order valence-corrected chi connectivity index (χ0v) is 21.4. The zero-order valence-electron chi connectivity index (χ0n) is 18.2. The molecule has 0 spiro atoms. The molecule has 2 amide bonds. The summed E-state index contributed by atoms with van der Waals surface area (Å²) < 4.78 is 5.18. The van der Waals surface area contributed by atoms with Crippen molar-refractivity contribution in [1.29, 1.82) is 0 Å². The van der Waals surface area contributed by atoms with Crippen molar-refractivity contribution in [3.05, 3.63) is 64.7 Å². The average Bonchev–Trinajstić information content (AvgIpc) is 3.03. The third-order valence-corrected chi connectivity index (χ3v) is 9.17. The van der Waals surface area contributed by atoms with Crippen molar-refractivity contribution in [3.8, 4) is 0 Å². The summed E-state index contributed by atoms with van der Waals surface area (Å²) in [4.78, 5) is 52.1. The van der Waals surface area contributed by atoms with E-state index in [1.54, 1.807) is 24.3 Å². The second-order valence-electron chi connectivity index (χ2n) is 8.57. The molecule has 0 aromatic heterocycles. The van der Waals surface area contributed by atoms with E-state index in [1.165, 1.54) is 17.0 Å². The van der Waals surface area contributed by atoms with Crippen molar-refractivity contribution in [2.24, 2.45) is 11.8 Å². The van der Waals surface area contributed by atoms with Gasteiger partial charge in [-0.3, -0.25) is 19.3 Å². The lowest BCUT2D eigenvalue weighted by Gasteiger charge is -2.29. The number of anilines is 1. The van der Waals surface area contributed by atoms with Gasteiger partial charge < -0.3 is 4.74 Å². The smallest absolute Gasteiger partial charge is 0.338 e. The first kappa shape index (κ1) is 23.8. The Kier molecular flexibility index (Phi) is 6.86. The normalized spacial score (nSPS) is 24.5. The molecule has 0 bridgehead atoms. The first-order valence-corrected chi connectivity index (χ1v) is 12.5. The molecule has 1 aliphatic heterocycles. The second-order valence-corrected chi connectivity index (χ2v) is 10.9. The molecule has 8 heteroatoms. The lowest BCUT2D eigenvalue weighted by atomic mass is 9.81. The standard InChI is InChI=1S/C25H23Br2NO5/c1-13-3-4-16(9-14(13)2)22(29)12-33-25(32)15-5-7-17(8-6-15)28-23(30)18-10-20(26)21(27)11-19(18)24(28)31/h3-9,18-21H,10-12H2,1-2H3/t18-,19-,20+,21+/m0/s1. The largest absolute Gasteiger partial charge is 0.454 e. The van der Waals surface area contributed by atoms with E-state index in [0.717, 1.165) is 11.1 Å². The summed E-state index contributed by atoms with van der Waals surface area (Å²) in [6.07, 6.45) is 1.20. The molecule has 1 aliphatic carbocycles. The van der Waals surface area contributed by atoms with Gasteiger partial charge in [0.15, 0.2) is 12.4 Å². The van der Waals surface area contributed by atoms with Gasteiger partial charge in [0.25, 0.3) is 0 Å². The van der Waals surface area contributed by atoms with Gasteiger partial charge in [-0.2, -0.15) is 0 Å². The molecule has 2 aliphatic rings. The number of carbonyl (C=O) groups is 4. The van der Waals surface area contributed by atoms with Crippen LogP contribution in [0.4, 0.5) is 5.69 Å². The maximum absolute atomic E-state index is 12.9. The Morgan fingerprint density at radius 3 is 1.97 bits per heavy atom. The number of ether oxygens (including phenoxy) is 1. The van der Waals surface area contributed by atoms with Crippen LogP contribution in [0.15, 0.2) is 42.5 Å². The molecule has 4 atom stereocenters. The molecule has 0 unspecified atom stereocenters. The van der Waals surface area contributed by atoms with Crippen LogP contribution in [0.5, 0.6) is 0 Å². The lowest BCUT2D eigenvalue weighted by Crippen LogP contribution is -2.34. The van der Waals surface area contributed by atoms with Crippen molar-refractivity contribution >= 4 is 61.1 Å². The van der Waals surface area contributed by atoms with Gasteiger partial charge in [0.1, 0.15) is 0 Å². The van der Waals surface area contributed by atoms with Crippen molar-refractivity contribution in [2.45, 2.75) is 36.3 Å². The highest BCUT2D eigenvalue weighted by atomic mass is 79.9. The highest BCUT2D eigenvalue weighted by molar-refractivity contribution is 9.12. The minimum absolute atomic E-state index is 0.138.